The Bertz CT molecular complexity index is 861. The highest BCUT2D eigenvalue weighted by molar-refractivity contribution is 5.77. The molecule has 1 aromatic heterocycles. The van der Waals surface area contributed by atoms with E-state index in [2.05, 4.69) is 31.0 Å². The SMILES string of the molecule is C=Cn1c[n+](CC(=O)N[C@H](C)C23CC4CC(CC(C4)C2)C3)c2ccccc21. The summed E-state index contributed by atoms with van der Waals surface area (Å²) < 4.78 is 4.00. The summed E-state index contributed by atoms with van der Waals surface area (Å²) >= 11 is 0. The lowest BCUT2D eigenvalue weighted by Gasteiger charge is -2.59. The molecule has 27 heavy (non-hydrogen) atoms. The Morgan fingerprint density at radius 2 is 1.89 bits per heavy atom. The lowest BCUT2D eigenvalue weighted by Crippen LogP contribution is -2.57. The van der Waals surface area contributed by atoms with Gasteiger partial charge in [0.1, 0.15) is 0 Å². The van der Waals surface area contributed by atoms with Crippen LogP contribution < -0.4 is 9.88 Å². The Kier molecular flexibility index (Phi) is 3.92. The van der Waals surface area contributed by atoms with Gasteiger partial charge >= 0.3 is 0 Å². The van der Waals surface area contributed by atoms with Crippen LogP contribution in [0.3, 0.4) is 0 Å². The van der Waals surface area contributed by atoms with E-state index < -0.39 is 0 Å². The molecule has 4 bridgehead atoms. The zero-order valence-electron chi connectivity index (χ0n) is 16.2. The van der Waals surface area contributed by atoms with Gasteiger partial charge in [0.15, 0.2) is 17.6 Å². The number of aromatic nitrogens is 2. The molecule has 4 aliphatic rings. The van der Waals surface area contributed by atoms with E-state index in [9.17, 15) is 4.79 Å². The zero-order chi connectivity index (χ0) is 18.6. The van der Waals surface area contributed by atoms with E-state index in [1.807, 2.05) is 27.6 Å². The van der Waals surface area contributed by atoms with Crippen LogP contribution in [-0.4, -0.2) is 16.5 Å². The van der Waals surface area contributed by atoms with Crippen LogP contribution in [0.2, 0.25) is 0 Å². The Hall–Kier alpha value is -2.10. The largest absolute Gasteiger partial charge is 0.350 e. The van der Waals surface area contributed by atoms with E-state index in [0.717, 1.165) is 28.8 Å². The van der Waals surface area contributed by atoms with Gasteiger partial charge in [-0.1, -0.05) is 18.7 Å². The number of amides is 1. The number of benzene rings is 1. The van der Waals surface area contributed by atoms with Crippen LogP contribution in [0.1, 0.15) is 45.4 Å². The van der Waals surface area contributed by atoms with Gasteiger partial charge in [-0.25, -0.2) is 9.13 Å². The molecule has 4 fully saturated rings. The van der Waals surface area contributed by atoms with Crippen molar-refractivity contribution >= 4 is 23.1 Å². The van der Waals surface area contributed by atoms with E-state index in [1.165, 1.54) is 38.5 Å². The molecule has 2 aromatic rings. The van der Waals surface area contributed by atoms with Gasteiger partial charge in [0, 0.05) is 6.04 Å². The zero-order valence-corrected chi connectivity index (χ0v) is 16.2. The van der Waals surface area contributed by atoms with Gasteiger partial charge in [0.05, 0.1) is 6.20 Å². The number of imidazole rings is 1. The van der Waals surface area contributed by atoms with Crippen LogP contribution in [0.4, 0.5) is 0 Å². The molecule has 0 radical (unpaired) electrons. The summed E-state index contributed by atoms with van der Waals surface area (Å²) in [6, 6.07) is 8.42. The molecule has 1 N–H and O–H groups in total. The van der Waals surface area contributed by atoms with Crippen molar-refractivity contribution in [2.24, 2.45) is 23.2 Å². The van der Waals surface area contributed by atoms with E-state index in [0.29, 0.717) is 12.0 Å². The quantitative estimate of drug-likeness (QED) is 0.806. The Labute approximate surface area is 161 Å². The number of hydrogen-bond donors (Lipinski definition) is 1. The molecule has 0 aliphatic heterocycles. The molecule has 0 saturated heterocycles. The Morgan fingerprint density at radius 3 is 2.52 bits per heavy atom. The lowest BCUT2D eigenvalue weighted by molar-refractivity contribution is -0.659. The molecule has 0 spiro atoms. The second kappa shape index (κ2) is 6.22. The highest BCUT2D eigenvalue weighted by atomic mass is 16.2. The lowest BCUT2D eigenvalue weighted by atomic mass is 9.48. The fraction of sp³-hybridized carbons (Fsp3) is 0.565. The molecule has 1 aromatic carbocycles. The molecule has 4 nitrogen and oxygen atoms in total. The third-order valence-electron chi connectivity index (χ3n) is 7.63. The maximum absolute atomic E-state index is 12.9. The van der Waals surface area contributed by atoms with Crippen LogP contribution in [-0.2, 0) is 11.3 Å². The molecule has 4 heteroatoms. The summed E-state index contributed by atoms with van der Waals surface area (Å²) in [5.41, 5.74) is 2.49. The molecule has 4 saturated carbocycles. The minimum Gasteiger partial charge on any atom is -0.350 e. The molecule has 1 atom stereocenters. The fourth-order valence-electron chi connectivity index (χ4n) is 6.77. The highest BCUT2D eigenvalue weighted by Crippen LogP contribution is 2.61. The number of rotatable bonds is 5. The maximum atomic E-state index is 12.9. The predicted molar refractivity (Wildman–Crippen MR) is 107 cm³/mol. The second-order valence-corrected chi connectivity index (χ2v) is 9.39. The Morgan fingerprint density at radius 1 is 1.26 bits per heavy atom. The number of nitrogens with zero attached hydrogens (tertiary/aromatic N) is 2. The van der Waals surface area contributed by atoms with Crippen LogP contribution in [0.5, 0.6) is 0 Å². The van der Waals surface area contributed by atoms with Crippen molar-refractivity contribution in [3.05, 3.63) is 37.2 Å². The average Bonchev–Trinajstić information content (AvgIpc) is 2.98. The average molecular weight is 365 g/mol. The molecule has 1 amide bonds. The van der Waals surface area contributed by atoms with E-state index in [1.54, 1.807) is 6.20 Å². The molecule has 4 aliphatic carbocycles. The second-order valence-electron chi connectivity index (χ2n) is 9.39. The summed E-state index contributed by atoms with van der Waals surface area (Å²) in [6.45, 7) is 6.49. The molecule has 1 heterocycles. The van der Waals surface area contributed by atoms with E-state index >= 15 is 0 Å². The number of fused-ring (bicyclic) bond motifs is 1. The van der Waals surface area contributed by atoms with Crippen molar-refractivity contribution in [2.75, 3.05) is 0 Å². The molecule has 0 unspecified atom stereocenters. The van der Waals surface area contributed by atoms with Crippen LogP contribution >= 0.6 is 0 Å². The topological polar surface area (TPSA) is 37.9 Å². The first kappa shape index (κ1) is 17.0. The smallest absolute Gasteiger partial charge is 0.262 e. The number of hydrogen-bond acceptors (Lipinski definition) is 1. The van der Waals surface area contributed by atoms with E-state index in [4.69, 9.17) is 0 Å². The van der Waals surface area contributed by atoms with Gasteiger partial charge in [-0.2, -0.15) is 0 Å². The molecule has 142 valence electrons. The van der Waals surface area contributed by atoms with Crippen molar-refractivity contribution in [2.45, 2.75) is 58.0 Å². The first-order valence-corrected chi connectivity index (χ1v) is 10.5. The first-order chi connectivity index (χ1) is 13.1. The number of para-hydroxylation sites is 2. The predicted octanol–water partition coefficient (Wildman–Crippen LogP) is 3.75. The molecule has 6 rings (SSSR count). The van der Waals surface area contributed by atoms with Gasteiger partial charge in [0.25, 0.3) is 5.91 Å². The van der Waals surface area contributed by atoms with E-state index in [-0.39, 0.29) is 11.9 Å². The summed E-state index contributed by atoms with van der Waals surface area (Å²) in [4.78, 5) is 12.9. The maximum Gasteiger partial charge on any atom is 0.262 e. The van der Waals surface area contributed by atoms with Gasteiger partial charge in [-0.3, -0.25) is 4.79 Å². The standard InChI is InChI=1S/C23H29N3O/c1-3-25-15-26(21-7-5-4-6-20(21)25)14-22(27)24-16(2)23-11-17-8-18(12-23)10-19(9-17)13-23/h3-7,15-19H,1,8-14H2,2H3/p+1/t16-,17?,18?,19?,23?/m1/s1. The molecular weight excluding hydrogens is 334 g/mol. The molecular formula is C23H30N3O+. The van der Waals surface area contributed by atoms with Crippen molar-refractivity contribution in [1.29, 1.82) is 0 Å². The first-order valence-electron chi connectivity index (χ1n) is 10.5. The number of nitrogens with one attached hydrogen (secondary N) is 1. The Balaban J connectivity index is 1.32. The highest BCUT2D eigenvalue weighted by Gasteiger charge is 2.53. The summed E-state index contributed by atoms with van der Waals surface area (Å²) in [5, 5.41) is 3.38. The minimum absolute atomic E-state index is 0.121. The third-order valence-corrected chi connectivity index (χ3v) is 7.63. The van der Waals surface area contributed by atoms with Crippen LogP contribution in [0.25, 0.3) is 17.2 Å². The van der Waals surface area contributed by atoms with Crippen LogP contribution in [0.15, 0.2) is 37.2 Å². The summed E-state index contributed by atoms with van der Waals surface area (Å²) in [5.74, 6) is 2.86. The van der Waals surface area contributed by atoms with Crippen LogP contribution in [0, 0.1) is 23.2 Å². The number of carbonyl (C=O) groups is 1. The monoisotopic (exact) mass is 364 g/mol. The van der Waals surface area contributed by atoms with Crippen molar-refractivity contribution in [3.8, 4) is 0 Å². The van der Waals surface area contributed by atoms with Crippen molar-refractivity contribution in [3.63, 3.8) is 0 Å². The minimum atomic E-state index is 0.121. The third kappa shape index (κ3) is 2.81. The van der Waals surface area contributed by atoms with Gasteiger partial charge in [0.2, 0.25) is 6.33 Å². The normalized spacial score (nSPS) is 32.6. The summed E-state index contributed by atoms with van der Waals surface area (Å²) in [7, 11) is 0. The fourth-order valence-corrected chi connectivity index (χ4v) is 6.77. The van der Waals surface area contributed by atoms with Crippen molar-refractivity contribution in [1.82, 2.24) is 9.88 Å². The van der Waals surface area contributed by atoms with Gasteiger partial charge in [-0.05, 0) is 80.8 Å². The van der Waals surface area contributed by atoms with Gasteiger partial charge < -0.3 is 5.32 Å². The summed E-state index contributed by atoms with van der Waals surface area (Å²) in [6.07, 6.45) is 12.0. The van der Waals surface area contributed by atoms with Gasteiger partial charge in [-0.15, -0.1) is 0 Å². The van der Waals surface area contributed by atoms with Crippen molar-refractivity contribution < 1.29 is 9.36 Å². The number of carbonyl (C=O) groups excluding carboxylic acids is 1.